The summed E-state index contributed by atoms with van der Waals surface area (Å²) in [7, 11) is 1.69. The zero-order valence-corrected chi connectivity index (χ0v) is 14.7. The summed E-state index contributed by atoms with van der Waals surface area (Å²) in [6.07, 6.45) is 6.04. The highest BCUT2D eigenvalue weighted by Gasteiger charge is 2.23. The maximum Gasteiger partial charge on any atom is 0.227 e. The lowest BCUT2D eigenvalue weighted by molar-refractivity contribution is -0.120. The lowest BCUT2D eigenvalue weighted by Gasteiger charge is -2.23. The van der Waals surface area contributed by atoms with Crippen LogP contribution in [0.25, 0.3) is 0 Å². The number of carbonyl (C=O) groups is 1. The summed E-state index contributed by atoms with van der Waals surface area (Å²) in [4.78, 5) is 12.4. The number of benzene rings is 1. The molecule has 126 valence electrons. The van der Waals surface area contributed by atoms with Crippen molar-refractivity contribution in [2.45, 2.75) is 58.3 Å². The second-order valence-electron chi connectivity index (χ2n) is 6.66. The fourth-order valence-electron chi connectivity index (χ4n) is 3.32. The molecule has 3 nitrogen and oxygen atoms in total. The smallest absolute Gasteiger partial charge is 0.227 e. The van der Waals surface area contributed by atoms with E-state index in [0.29, 0.717) is 5.92 Å². The molecule has 0 spiro atoms. The summed E-state index contributed by atoms with van der Waals surface area (Å²) >= 11 is 0. The van der Waals surface area contributed by atoms with Gasteiger partial charge in [0.05, 0.1) is 7.11 Å². The number of methoxy groups -OCH3 is 1. The SMILES string of the molecule is C=C1CCC(C(=O)Nc2ccc(C(C)CCC)c(OC)c2)CC1. The first-order chi connectivity index (χ1) is 11.0. The van der Waals surface area contributed by atoms with Gasteiger partial charge in [-0.1, -0.05) is 38.5 Å². The molecule has 1 atom stereocenters. The molecule has 0 bridgehead atoms. The van der Waals surface area contributed by atoms with Gasteiger partial charge in [-0.2, -0.15) is 0 Å². The number of rotatable bonds is 6. The minimum atomic E-state index is 0.102. The number of carbonyl (C=O) groups excluding carboxylic acids is 1. The van der Waals surface area contributed by atoms with Crippen molar-refractivity contribution in [1.82, 2.24) is 0 Å². The van der Waals surface area contributed by atoms with Gasteiger partial charge in [-0.15, -0.1) is 0 Å². The number of ether oxygens (including phenoxy) is 1. The van der Waals surface area contributed by atoms with Crippen LogP contribution in [0.4, 0.5) is 5.69 Å². The first-order valence-electron chi connectivity index (χ1n) is 8.70. The van der Waals surface area contributed by atoms with E-state index < -0.39 is 0 Å². The van der Waals surface area contributed by atoms with E-state index in [0.717, 1.165) is 50.0 Å². The van der Waals surface area contributed by atoms with Crippen LogP contribution >= 0.6 is 0 Å². The Morgan fingerprint density at radius 1 is 1.39 bits per heavy atom. The predicted octanol–water partition coefficient (Wildman–Crippen LogP) is 5.28. The predicted molar refractivity (Wildman–Crippen MR) is 96.0 cm³/mol. The molecule has 0 heterocycles. The van der Waals surface area contributed by atoms with E-state index >= 15 is 0 Å². The maximum absolute atomic E-state index is 12.4. The lowest BCUT2D eigenvalue weighted by atomic mass is 9.86. The Bertz CT molecular complexity index is 555. The normalized spacial score (nSPS) is 16.9. The molecule has 3 heteroatoms. The standard InChI is InChI=1S/C20H29NO2/c1-5-6-15(3)18-12-11-17(13-19(18)23-4)21-20(22)16-9-7-14(2)8-10-16/h11-13,15-16H,2,5-10H2,1,3-4H3,(H,21,22). The molecule has 0 aromatic heterocycles. The molecule has 2 rings (SSSR count). The van der Waals surface area contributed by atoms with Gasteiger partial charge in [0.15, 0.2) is 0 Å². The molecule has 1 N–H and O–H groups in total. The van der Waals surface area contributed by atoms with Gasteiger partial charge < -0.3 is 10.1 Å². The second-order valence-corrected chi connectivity index (χ2v) is 6.66. The average molecular weight is 315 g/mol. The van der Waals surface area contributed by atoms with Gasteiger partial charge in [-0.3, -0.25) is 4.79 Å². The molecular weight excluding hydrogens is 286 g/mol. The zero-order valence-electron chi connectivity index (χ0n) is 14.7. The van der Waals surface area contributed by atoms with Crippen LogP contribution in [-0.2, 0) is 4.79 Å². The van der Waals surface area contributed by atoms with Gasteiger partial charge in [0.25, 0.3) is 0 Å². The van der Waals surface area contributed by atoms with Gasteiger partial charge in [0.2, 0.25) is 5.91 Å². The van der Waals surface area contributed by atoms with Gasteiger partial charge in [-0.05, 0) is 49.7 Å². The monoisotopic (exact) mass is 315 g/mol. The number of amides is 1. The average Bonchev–Trinajstić information content (AvgIpc) is 2.55. The summed E-state index contributed by atoms with van der Waals surface area (Å²) in [6.45, 7) is 8.42. The molecule has 1 aliphatic rings. The van der Waals surface area contributed by atoms with Crippen molar-refractivity contribution in [1.29, 1.82) is 0 Å². The van der Waals surface area contributed by atoms with Crippen molar-refractivity contribution in [2.24, 2.45) is 5.92 Å². The Morgan fingerprint density at radius 3 is 2.70 bits per heavy atom. The van der Waals surface area contributed by atoms with E-state index in [1.807, 2.05) is 12.1 Å². The summed E-state index contributed by atoms with van der Waals surface area (Å²) in [6, 6.07) is 6.02. The van der Waals surface area contributed by atoms with Crippen molar-refractivity contribution in [3.63, 3.8) is 0 Å². The van der Waals surface area contributed by atoms with Crippen LogP contribution in [0, 0.1) is 5.92 Å². The van der Waals surface area contributed by atoms with Gasteiger partial charge >= 0.3 is 0 Å². The largest absolute Gasteiger partial charge is 0.496 e. The van der Waals surface area contributed by atoms with Crippen LogP contribution in [0.15, 0.2) is 30.4 Å². The summed E-state index contributed by atoms with van der Waals surface area (Å²) in [5, 5.41) is 3.05. The quantitative estimate of drug-likeness (QED) is 0.725. The molecule has 1 aliphatic carbocycles. The lowest BCUT2D eigenvalue weighted by Crippen LogP contribution is -2.25. The number of nitrogens with one attached hydrogen (secondary N) is 1. The fraction of sp³-hybridized carbons (Fsp3) is 0.550. The molecule has 1 aromatic rings. The molecule has 0 radical (unpaired) electrons. The van der Waals surface area contributed by atoms with E-state index in [1.165, 1.54) is 11.1 Å². The first kappa shape index (κ1) is 17.6. The Kier molecular flexibility index (Phi) is 6.26. The van der Waals surface area contributed by atoms with Gasteiger partial charge in [-0.25, -0.2) is 0 Å². The van der Waals surface area contributed by atoms with Gasteiger partial charge in [0.1, 0.15) is 5.75 Å². The number of hydrogen-bond donors (Lipinski definition) is 1. The van der Waals surface area contributed by atoms with Crippen molar-refractivity contribution in [2.75, 3.05) is 12.4 Å². The Labute approximate surface area is 140 Å². The van der Waals surface area contributed by atoms with Crippen LogP contribution in [-0.4, -0.2) is 13.0 Å². The van der Waals surface area contributed by atoms with Crippen molar-refractivity contribution < 1.29 is 9.53 Å². The third-order valence-corrected chi connectivity index (χ3v) is 4.82. The Morgan fingerprint density at radius 2 is 2.09 bits per heavy atom. The topological polar surface area (TPSA) is 38.3 Å². The van der Waals surface area contributed by atoms with Crippen LogP contribution in [0.3, 0.4) is 0 Å². The third kappa shape index (κ3) is 4.60. The fourth-order valence-corrected chi connectivity index (χ4v) is 3.32. The highest BCUT2D eigenvalue weighted by atomic mass is 16.5. The Hall–Kier alpha value is -1.77. The van der Waals surface area contributed by atoms with E-state index in [4.69, 9.17) is 4.74 Å². The van der Waals surface area contributed by atoms with E-state index in [2.05, 4.69) is 31.8 Å². The number of allylic oxidation sites excluding steroid dienone is 1. The Balaban J connectivity index is 2.05. The van der Waals surface area contributed by atoms with Crippen molar-refractivity contribution >= 4 is 11.6 Å². The van der Waals surface area contributed by atoms with E-state index in [9.17, 15) is 4.79 Å². The molecule has 1 amide bonds. The molecule has 1 unspecified atom stereocenters. The van der Waals surface area contributed by atoms with Crippen LogP contribution in [0.1, 0.15) is 63.9 Å². The number of hydrogen-bond acceptors (Lipinski definition) is 2. The summed E-state index contributed by atoms with van der Waals surface area (Å²) in [5.74, 6) is 1.55. The minimum Gasteiger partial charge on any atom is -0.496 e. The highest BCUT2D eigenvalue weighted by molar-refractivity contribution is 5.92. The minimum absolute atomic E-state index is 0.102. The zero-order chi connectivity index (χ0) is 16.8. The van der Waals surface area contributed by atoms with E-state index in [1.54, 1.807) is 7.11 Å². The van der Waals surface area contributed by atoms with Crippen LogP contribution in [0.5, 0.6) is 5.75 Å². The molecule has 1 saturated carbocycles. The third-order valence-electron chi connectivity index (χ3n) is 4.82. The van der Waals surface area contributed by atoms with E-state index in [-0.39, 0.29) is 11.8 Å². The molecule has 0 aliphatic heterocycles. The highest BCUT2D eigenvalue weighted by Crippen LogP contribution is 2.33. The second kappa shape index (κ2) is 8.19. The summed E-state index contributed by atoms with van der Waals surface area (Å²) in [5.41, 5.74) is 3.30. The summed E-state index contributed by atoms with van der Waals surface area (Å²) < 4.78 is 5.53. The molecular formula is C20H29NO2. The van der Waals surface area contributed by atoms with Crippen molar-refractivity contribution in [3.8, 4) is 5.75 Å². The maximum atomic E-state index is 12.4. The van der Waals surface area contributed by atoms with Gasteiger partial charge in [0, 0.05) is 17.7 Å². The van der Waals surface area contributed by atoms with Crippen molar-refractivity contribution in [3.05, 3.63) is 35.9 Å². The first-order valence-corrected chi connectivity index (χ1v) is 8.70. The molecule has 0 saturated heterocycles. The molecule has 23 heavy (non-hydrogen) atoms. The number of anilines is 1. The van der Waals surface area contributed by atoms with Crippen LogP contribution < -0.4 is 10.1 Å². The molecule has 1 fully saturated rings. The molecule has 1 aromatic carbocycles. The van der Waals surface area contributed by atoms with Crippen LogP contribution in [0.2, 0.25) is 0 Å².